The highest BCUT2D eigenvalue weighted by molar-refractivity contribution is 14.1. The lowest BCUT2D eigenvalue weighted by atomic mass is 9.81. The lowest BCUT2D eigenvalue weighted by Crippen LogP contribution is -2.50. The molecule has 3 rings (SSSR count). The fourth-order valence-electron chi connectivity index (χ4n) is 4.01. The van der Waals surface area contributed by atoms with Gasteiger partial charge < -0.3 is 19.1 Å². The molecule has 2 heterocycles. The lowest BCUT2D eigenvalue weighted by molar-refractivity contribution is -0.188. The van der Waals surface area contributed by atoms with E-state index in [4.69, 9.17) is 25.8 Å². The fraction of sp³-hybridized carbons (Fsp3) is 0.458. The summed E-state index contributed by atoms with van der Waals surface area (Å²) in [4.78, 5) is 29.1. The molecule has 12 heteroatoms. The van der Waals surface area contributed by atoms with Crippen molar-refractivity contribution in [3.05, 3.63) is 50.2 Å². The molecule has 2 aromatic rings. The Bertz CT molecular complexity index is 1060. The van der Waals surface area contributed by atoms with Gasteiger partial charge in [0.05, 0.1) is 21.1 Å². The number of hydrogen-bond acceptors (Lipinski definition) is 6. The number of aromatic nitrogens is 1. The van der Waals surface area contributed by atoms with Gasteiger partial charge in [0.15, 0.2) is 5.75 Å². The maximum Gasteiger partial charge on any atom is 0.471 e. The summed E-state index contributed by atoms with van der Waals surface area (Å²) in [5.41, 5.74) is 1.68. The number of carbonyl (C=O) groups excluding carboxylic acids is 2. The van der Waals surface area contributed by atoms with Crippen LogP contribution in [0.25, 0.3) is 0 Å². The van der Waals surface area contributed by atoms with Crippen LogP contribution in [-0.4, -0.2) is 60.8 Å². The SMILES string of the molecule is CCOC(=O)[C@@H]1CN(C(=O)C(F)(F)F)CCC1c1ccc(OCCOc2c(Cl)cc(C)cc2I)nc1. The van der Waals surface area contributed by atoms with Crippen molar-refractivity contribution in [1.82, 2.24) is 9.88 Å². The largest absolute Gasteiger partial charge is 0.487 e. The number of benzene rings is 1. The van der Waals surface area contributed by atoms with Crippen LogP contribution in [0.4, 0.5) is 13.2 Å². The number of pyridine rings is 1. The molecule has 36 heavy (non-hydrogen) atoms. The number of carbonyl (C=O) groups is 2. The van der Waals surface area contributed by atoms with Gasteiger partial charge in [0, 0.05) is 31.3 Å². The summed E-state index contributed by atoms with van der Waals surface area (Å²) >= 11 is 8.38. The second-order valence-corrected chi connectivity index (χ2v) is 9.76. The van der Waals surface area contributed by atoms with Gasteiger partial charge in [-0.05, 0) is 66.1 Å². The fourth-order valence-corrected chi connectivity index (χ4v) is 5.44. The average Bonchev–Trinajstić information content (AvgIpc) is 2.82. The van der Waals surface area contributed by atoms with Crippen molar-refractivity contribution in [3.8, 4) is 11.6 Å². The lowest BCUT2D eigenvalue weighted by Gasteiger charge is -2.37. The summed E-state index contributed by atoms with van der Waals surface area (Å²) in [5.74, 6) is -3.09. The first-order chi connectivity index (χ1) is 17.0. The van der Waals surface area contributed by atoms with Gasteiger partial charge in [0.2, 0.25) is 5.88 Å². The number of amides is 1. The number of nitrogens with zero attached hydrogens (tertiary/aromatic N) is 2. The Hall–Kier alpha value is -2.28. The van der Waals surface area contributed by atoms with E-state index in [1.54, 1.807) is 19.1 Å². The van der Waals surface area contributed by atoms with Crippen LogP contribution in [0.2, 0.25) is 5.02 Å². The summed E-state index contributed by atoms with van der Waals surface area (Å²) in [6.07, 6.45) is -3.32. The topological polar surface area (TPSA) is 78.0 Å². The van der Waals surface area contributed by atoms with E-state index < -0.39 is 29.9 Å². The molecule has 0 radical (unpaired) electrons. The number of piperidine rings is 1. The number of halogens is 5. The minimum Gasteiger partial charge on any atom is -0.487 e. The number of esters is 1. The maximum atomic E-state index is 12.9. The molecule has 1 saturated heterocycles. The van der Waals surface area contributed by atoms with Gasteiger partial charge in [-0.15, -0.1) is 0 Å². The van der Waals surface area contributed by atoms with E-state index >= 15 is 0 Å². The molecule has 1 aromatic heterocycles. The van der Waals surface area contributed by atoms with Crippen LogP contribution in [0.5, 0.6) is 11.6 Å². The molecule has 0 aliphatic carbocycles. The molecule has 1 aliphatic heterocycles. The quantitative estimate of drug-likeness (QED) is 0.225. The highest BCUT2D eigenvalue weighted by atomic mass is 127. The van der Waals surface area contributed by atoms with E-state index in [-0.39, 0.29) is 39.3 Å². The van der Waals surface area contributed by atoms with Crippen molar-refractivity contribution < 1.29 is 37.0 Å². The van der Waals surface area contributed by atoms with Crippen LogP contribution in [0.1, 0.15) is 30.4 Å². The van der Waals surface area contributed by atoms with Gasteiger partial charge in [-0.1, -0.05) is 17.7 Å². The van der Waals surface area contributed by atoms with Crippen molar-refractivity contribution in [3.63, 3.8) is 0 Å². The number of rotatable bonds is 8. The zero-order valence-electron chi connectivity index (χ0n) is 19.6. The number of likely N-dealkylation sites (tertiary alicyclic amines) is 1. The first kappa shape index (κ1) is 28.3. The zero-order valence-corrected chi connectivity index (χ0v) is 22.5. The molecule has 1 aromatic carbocycles. The number of hydrogen-bond donors (Lipinski definition) is 0. The Labute approximate surface area is 225 Å². The third-order valence-electron chi connectivity index (χ3n) is 5.64. The summed E-state index contributed by atoms with van der Waals surface area (Å²) in [5, 5.41) is 0.515. The summed E-state index contributed by atoms with van der Waals surface area (Å²) in [6.45, 7) is 3.56. The Kier molecular flexibility index (Phi) is 9.67. The zero-order chi connectivity index (χ0) is 26.5. The molecule has 2 atom stereocenters. The van der Waals surface area contributed by atoms with Crippen LogP contribution in [0, 0.1) is 16.4 Å². The monoisotopic (exact) mass is 640 g/mol. The molecular formula is C24H25ClF3IN2O5. The van der Waals surface area contributed by atoms with E-state index in [2.05, 4.69) is 27.6 Å². The van der Waals surface area contributed by atoms with Crippen molar-refractivity contribution in [1.29, 1.82) is 0 Å². The van der Waals surface area contributed by atoms with Gasteiger partial charge in [-0.2, -0.15) is 13.2 Å². The van der Waals surface area contributed by atoms with Crippen molar-refractivity contribution in [2.45, 2.75) is 32.4 Å². The van der Waals surface area contributed by atoms with Crippen LogP contribution in [0.3, 0.4) is 0 Å². The standard InChI is InChI=1S/C24H25ClF3IN2O5/c1-3-34-22(32)17-13-31(23(33)24(26,27)28)7-6-16(17)15-4-5-20(30-12-15)35-8-9-36-21-18(25)10-14(2)11-19(21)29/h4-5,10-12,16-17H,3,6-9,13H2,1-2H3/t16?,17-/m1/s1. The van der Waals surface area contributed by atoms with E-state index in [9.17, 15) is 22.8 Å². The predicted molar refractivity (Wildman–Crippen MR) is 134 cm³/mol. The molecule has 0 spiro atoms. The Morgan fingerprint density at radius 1 is 1.22 bits per heavy atom. The van der Waals surface area contributed by atoms with Gasteiger partial charge >= 0.3 is 18.1 Å². The number of ether oxygens (including phenoxy) is 3. The Balaban J connectivity index is 1.61. The van der Waals surface area contributed by atoms with Crippen molar-refractivity contribution >= 4 is 46.1 Å². The van der Waals surface area contributed by atoms with Gasteiger partial charge in [-0.3, -0.25) is 9.59 Å². The Morgan fingerprint density at radius 3 is 2.56 bits per heavy atom. The second-order valence-electron chi connectivity index (χ2n) is 8.19. The van der Waals surface area contributed by atoms with Crippen LogP contribution >= 0.6 is 34.2 Å². The normalized spacial score (nSPS) is 18.0. The first-order valence-corrected chi connectivity index (χ1v) is 12.7. The molecule has 196 valence electrons. The molecule has 1 aliphatic rings. The van der Waals surface area contributed by atoms with Crippen LogP contribution in [0.15, 0.2) is 30.5 Å². The van der Waals surface area contributed by atoms with Crippen LogP contribution < -0.4 is 9.47 Å². The third-order valence-corrected chi connectivity index (χ3v) is 6.72. The van der Waals surface area contributed by atoms with E-state index in [1.807, 2.05) is 19.1 Å². The van der Waals surface area contributed by atoms with Crippen molar-refractivity contribution in [2.75, 3.05) is 32.9 Å². The molecule has 1 unspecified atom stereocenters. The average molecular weight is 641 g/mol. The summed E-state index contributed by atoms with van der Waals surface area (Å²) in [7, 11) is 0. The number of alkyl halides is 3. The molecular weight excluding hydrogens is 616 g/mol. The van der Waals surface area contributed by atoms with E-state index in [0.29, 0.717) is 27.1 Å². The van der Waals surface area contributed by atoms with E-state index in [1.165, 1.54) is 6.20 Å². The van der Waals surface area contributed by atoms with E-state index in [0.717, 1.165) is 9.13 Å². The molecule has 0 saturated carbocycles. The van der Waals surface area contributed by atoms with Gasteiger partial charge in [0.1, 0.15) is 13.2 Å². The minimum absolute atomic E-state index is 0.0786. The minimum atomic E-state index is -5.00. The summed E-state index contributed by atoms with van der Waals surface area (Å²) < 4.78 is 56.0. The molecule has 7 nitrogen and oxygen atoms in total. The molecule has 1 fully saturated rings. The molecule has 0 bridgehead atoms. The second kappa shape index (κ2) is 12.3. The van der Waals surface area contributed by atoms with Gasteiger partial charge in [-0.25, -0.2) is 4.98 Å². The first-order valence-electron chi connectivity index (χ1n) is 11.2. The third kappa shape index (κ3) is 7.15. The molecule has 0 N–H and O–H groups in total. The predicted octanol–water partition coefficient (Wildman–Crippen LogP) is 5.16. The molecule has 1 amide bonds. The smallest absolute Gasteiger partial charge is 0.471 e. The van der Waals surface area contributed by atoms with Gasteiger partial charge in [0.25, 0.3) is 0 Å². The summed E-state index contributed by atoms with van der Waals surface area (Å²) in [6, 6.07) is 7.09. The van der Waals surface area contributed by atoms with Crippen molar-refractivity contribution in [2.24, 2.45) is 5.92 Å². The number of aryl methyl sites for hydroxylation is 1. The maximum absolute atomic E-state index is 12.9. The highest BCUT2D eigenvalue weighted by Crippen LogP contribution is 2.36. The highest BCUT2D eigenvalue weighted by Gasteiger charge is 2.46. The van der Waals surface area contributed by atoms with Crippen LogP contribution in [-0.2, 0) is 14.3 Å². The Morgan fingerprint density at radius 2 is 1.94 bits per heavy atom.